The maximum absolute atomic E-state index is 11.6. The highest BCUT2D eigenvalue weighted by atomic mass is 32.1. The van der Waals surface area contributed by atoms with E-state index in [4.69, 9.17) is 4.52 Å². The van der Waals surface area contributed by atoms with Crippen LogP contribution < -0.4 is 5.32 Å². The SMILES string of the molecule is CCCCCNC(=O)CCc1nc(-c2ccsc2)no1. The molecule has 108 valence electrons. The van der Waals surface area contributed by atoms with E-state index in [0.29, 0.717) is 24.6 Å². The number of amides is 1. The number of unbranched alkanes of at least 4 members (excludes halogenated alkanes) is 2. The second-order valence-electron chi connectivity index (χ2n) is 4.58. The third kappa shape index (κ3) is 4.45. The highest BCUT2D eigenvalue weighted by Crippen LogP contribution is 2.18. The molecule has 0 aliphatic carbocycles. The van der Waals surface area contributed by atoms with E-state index in [9.17, 15) is 4.79 Å². The fourth-order valence-corrected chi connectivity index (χ4v) is 2.41. The summed E-state index contributed by atoms with van der Waals surface area (Å²) >= 11 is 1.59. The van der Waals surface area contributed by atoms with Gasteiger partial charge in [-0.05, 0) is 17.9 Å². The first-order valence-electron chi connectivity index (χ1n) is 6.91. The topological polar surface area (TPSA) is 68.0 Å². The molecule has 6 heteroatoms. The zero-order chi connectivity index (χ0) is 14.2. The minimum absolute atomic E-state index is 0.0383. The van der Waals surface area contributed by atoms with Crippen LogP contribution >= 0.6 is 11.3 Å². The number of nitrogens with one attached hydrogen (secondary N) is 1. The number of hydrogen-bond acceptors (Lipinski definition) is 5. The van der Waals surface area contributed by atoms with Crippen LogP contribution in [-0.4, -0.2) is 22.6 Å². The Hall–Kier alpha value is -1.69. The number of rotatable bonds is 8. The monoisotopic (exact) mass is 293 g/mol. The van der Waals surface area contributed by atoms with Gasteiger partial charge >= 0.3 is 0 Å². The largest absolute Gasteiger partial charge is 0.356 e. The van der Waals surface area contributed by atoms with Crippen molar-refractivity contribution in [1.29, 1.82) is 0 Å². The van der Waals surface area contributed by atoms with Crippen molar-refractivity contribution in [2.75, 3.05) is 6.54 Å². The quantitative estimate of drug-likeness (QED) is 0.760. The fourth-order valence-electron chi connectivity index (χ4n) is 1.78. The molecule has 0 aliphatic rings. The van der Waals surface area contributed by atoms with Crippen LogP contribution in [0.2, 0.25) is 0 Å². The lowest BCUT2D eigenvalue weighted by molar-refractivity contribution is -0.121. The molecule has 0 spiro atoms. The molecule has 0 aliphatic heterocycles. The molecule has 1 N–H and O–H groups in total. The molecule has 5 nitrogen and oxygen atoms in total. The average molecular weight is 293 g/mol. The molecule has 0 unspecified atom stereocenters. The highest BCUT2D eigenvalue weighted by Gasteiger charge is 2.10. The third-order valence-corrected chi connectivity index (χ3v) is 3.60. The van der Waals surface area contributed by atoms with E-state index in [1.807, 2.05) is 16.8 Å². The van der Waals surface area contributed by atoms with Crippen LogP contribution in [0.4, 0.5) is 0 Å². The molecule has 0 saturated carbocycles. The molecule has 0 bridgehead atoms. The summed E-state index contributed by atoms with van der Waals surface area (Å²) in [4.78, 5) is 15.9. The van der Waals surface area contributed by atoms with Crippen LogP contribution in [0.3, 0.4) is 0 Å². The van der Waals surface area contributed by atoms with Crippen LogP contribution in [0.5, 0.6) is 0 Å². The van der Waals surface area contributed by atoms with Gasteiger partial charge < -0.3 is 9.84 Å². The minimum atomic E-state index is 0.0383. The van der Waals surface area contributed by atoms with E-state index >= 15 is 0 Å². The van der Waals surface area contributed by atoms with Gasteiger partial charge in [-0.25, -0.2) is 0 Å². The van der Waals surface area contributed by atoms with Crippen LogP contribution in [-0.2, 0) is 11.2 Å². The normalized spacial score (nSPS) is 10.7. The van der Waals surface area contributed by atoms with Crippen molar-refractivity contribution in [3.05, 3.63) is 22.7 Å². The van der Waals surface area contributed by atoms with Crippen molar-refractivity contribution in [3.8, 4) is 11.4 Å². The Morgan fingerprint density at radius 3 is 3.10 bits per heavy atom. The Morgan fingerprint density at radius 1 is 1.45 bits per heavy atom. The van der Waals surface area contributed by atoms with Crippen LogP contribution in [0.25, 0.3) is 11.4 Å². The molecule has 20 heavy (non-hydrogen) atoms. The zero-order valence-corrected chi connectivity index (χ0v) is 12.4. The van der Waals surface area contributed by atoms with Crippen molar-refractivity contribution >= 4 is 17.2 Å². The average Bonchev–Trinajstić information content (AvgIpc) is 3.11. The van der Waals surface area contributed by atoms with Crippen molar-refractivity contribution < 1.29 is 9.32 Å². The van der Waals surface area contributed by atoms with Gasteiger partial charge in [-0.3, -0.25) is 4.79 Å². The van der Waals surface area contributed by atoms with E-state index in [2.05, 4.69) is 22.4 Å². The molecule has 0 saturated heterocycles. The number of carbonyl (C=O) groups excluding carboxylic acids is 1. The summed E-state index contributed by atoms with van der Waals surface area (Å²) in [6.45, 7) is 2.89. The predicted molar refractivity (Wildman–Crippen MR) is 78.5 cm³/mol. The predicted octanol–water partition coefficient (Wildman–Crippen LogP) is 3.04. The van der Waals surface area contributed by atoms with E-state index < -0.39 is 0 Å². The first kappa shape index (κ1) is 14.7. The van der Waals surface area contributed by atoms with E-state index in [0.717, 1.165) is 31.4 Å². The Balaban J connectivity index is 1.73. The molecule has 0 atom stereocenters. The molecule has 2 rings (SSSR count). The molecular formula is C14H19N3O2S. The Kier molecular flexibility index (Phi) is 5.73. The van der Waals surface area contributed by atoms with Crippen LogP contribution in [0, 0.1) is 0 Å². The zero-order valence-electron chi connectivity index (χ0n) is 11.6. The molecular weight excluding hydrogens is 274 g/mol. The maximum Gasteiger partial charge on any atom is 0.227 e. The second kappa shape index (κ2) is 7.79. The Bertz CT molecular complexity index is 522. The fraction of sp³-hybridized carbons (Fsp3) is 0.500. The van der Waals surface area contributed by atoms with Crippen molar-refractivity contribution in [2.24, 2.45) is 0 Å². The minimum Gasteiger partial charge on any atom is -0.356 e. The van der Waals surface area contributed by atoms with E-state index in [1.54, 1.807) is 11.3 Å². The van der Waals surface area contributed by atoms with E-state index in [1.165, 1.54) is 0 Å². The molecule has 0 aromatic carbocycles. The molecule has 2 heterocycles. The highest BCUT2D eigenvalue weighted by molar-refractivity contribution is 7.08. The van der Waals surface area contributed by atoms with Crippen molar-refractivity contribution in [3.63, 3.8) is 0 Å². The smallest absolute Gasteiger partial charge is 0.227 e. The number of thiophene rings is 1. The van der Waals surface area contributed by atoms with E-state index in [-0.39, 0.29) is 5.91 Å². The van der Waals surface area contributed by atoms with Gasteiger partial charge in [0.2, 0.25) is 17.6 Å². The summed E-state index contributed by atoms with van der Waals surface area (Å²) in [7, 11) is 0. The van der Waals surface area contributed by atoms with Gasteiger partial charge in [-0.1, -0.05) is 24.9 Å². The summed E-state index contributed by atoms with van der Waals surface area (Å²) in [6.07, 6.45) is 4.20. The first-order chi connectivity index (χ1) is 9.79. The van der Waals surface area contributed by atoms with Gasteiger partial charge in [0.25, 0.3) is 0 Å². The second-order valence-corrected chi connectivity index (χ2v) is 5.36. The first-order valence-corrected chi connectivity index (χ1v) is 7.85. The number of carbonyl (C=O) groups is 1. The van der Waals surface area contributed by atoms with Gasteiger partial charge in [0.05, 0.1) is 0 Å². The number of hydrogen-bond donors (Lipinski definition) is 1. The van der Waals surface area contributed by atoms with Gasteiger partial charge in [0, 0.05) is 30.3 Å². The molecule has 0 fully saturated rings. The maximum atomic E-state index is 11.6. The van der Waals surface area contributed by atoms with Crippen LogP contribution in [0.1, 0.15) is 38.5 Å². The van der Waals surface area contributed by atoms with Crippen molar-refractivity contribution in [2.45, 2.75) is 39.0 Å². The van der Waals surface area contributed by atoms with Crippen LogP contribution in [0.15, 0.2) is 21.3 Å². The Morgan fingerprint density at radius 2 is 2.35 bits per heavy atom. The third-order valence-electron chi connectivity index (χ3n) is 2.92. The molecule has 2 aromatic rings. The number of aryl methyl sites for hydroxylation is 1. The standard InChI is InChI=1S/C14H19N3O2S/c1-2-3-4-8-15-12(18)5-6-13-16-14(17-19-13)11-7-9-20-10-11/h7,9-10H,2-6,8H2,1H3,(H,15,18). The number of nitrogens with zero attached hydrogens (tertiary/aromatic N) is 2. The summed E-state index contributed by atoms with van der Waals surface area (Å²) in [6, 6.07) is 1.94. The lowest BCUT2D eigenvalue weighted by Gasteiger charge is -2.02. The van der Waals surface area contributed by atoms with Gasteiger partial charge in [-0.2, -0.15) is 16.3 Å². The van der Waals surface area contributed by atoms with Gasteiger partial charge in [-0.15, -0.1) is 0 Å². The lowest BCUT2D eigenvalue weighted by atomic mass is 10.2. The van der Waals surface area contributed by atoms with Crippen molar-refractivity contribution in [1.82, 2.24) is 15.5 Å². The van der Waals surface area contributed by atoms with Gasteiger partial charge in [0.1, 0.15) is 0 Å². The van der Waals surface area contributed by atoms with Gasteiger partial charge in [0.15, 0.2) is 0 Å². The summed E-state index contributed by atoms with van der Waals surface area (Å²) in [5.74, 6) is 1.14. The number of aromatic nitrogens is 2. The lowest BCUT2D eigenvalue weighted by Crippen LogP contribution is -2.24. The molecule has 1 amide bonds. The molecule has 2 aromatic heterocycles. The summed E-state index contributed by atoms with van der Waals surface area (Å²) in [5.41, 5.74) is 0.953. The summed E-state index contributed by atoms with van der Waals surface area (Å²) < 4.78 is 5.15. The molecule has 0 radical (unpaired) electrons. The summed E-state index contributed by atoms with van der Waals surface area (Å²) in [5, 5.41) is 10.7. The Labute approximate surface area is 122 Å².